The quantitative estimate of drug-likeness (QED) is 0.888. The zero-order valence-corrected chi connectivity index (χ0v) is 15.8. The molecule has 1 aromatic rings. The molecule has 1 N–H and O–H groups in total. The van der Waals surface area contributed by atoms with Gasteiger partial charge in [0.25, 0.3) is 0 Å². The Bertz CT molecular complexity index is 662. The van der Waals surface area contributed by atoms with Crippen LogP contribution in [-0.4, -0.2) is 62.0 Å². The molecule has 0 radical (unpaired) electrons. The lowest BCUT2D eigenvalue weighted by Gasteiger charge is -2.36. The molecule has 0 aliphatic carbocycles. The lowest BCUT2D eigenvalue weighted by atomic mass is 10.0. The van der Waals surface area contributed by atoms with Gasteiger partial charge in [0.15, 0.2) is 0 Å². The van der Waals surface area contributed by atoms with Crippen LogP contribution in [-0.2, 0) is 16.0 Å². The Balaban J connectivity index is 1.28. The predicted octanol–water partition coefficient (Wildman–Crippen LogP) is 1.77. The lowest BCUT2D eigenvalue weighted by molar-refractivity contribution is -0.125. The Morgan fingerprint density at radius 3 is 2.81 bits per heavy atom. The van der Waals surface area contributed by atoms with Crippen LogP contribution in [0.5, 0.6) is 5.75 Å². The summed E-state index contributed by atoms with van der Waals surface area (Å²) in [5.74, 6) is 1.09. The van der Waals surface area contributed by atoms with Crippen molar-refractivity contribution in [3.8, 4) is 5.75 Å². The highest BCUT2D eigenvalue weighted by molar-refractivity contribution is 5.78. The van der Waals surface area contributed by atoms with E-state index in [2.05, 4.69) is 47.2 Å². The minimum atomic E-state index is -0.101. The number of hydrogen-bond acceptors (Lipinski definition) is 5. The maximum Gasteiger partial charge on any atom is 0.236 e. The van der Waals surface area contributed by atoms with Gasteiger partial charge >= 0.3 is 0 Å². The fourth-order valence-corrected chi connectivity index (χ4v) is 4.06. The van der Waals surface area contributed by atoms with Gasteiger partial charge in [0.2, 0.25) is 5.91 Å². The van der Waals surface area contributed by atoms with E-state index in [1.54, 1.807) is 0 Å². The monoisotopic (exact) mass is 359 g/mol. The maximum atomic E-state index is 12.1. The summed E-state index contributed by atoms with van der Waals surface area (Å²) in [7, 11) is 0. The van der Waals surface area contributed by atoms with Crippen LogP contribution < -0.4 is 15.0 Å². The van der Waals surface area contributed by atoms with E-state index in [0.29, 0.717) is 6.54 Å². The third-order valence-corrected chi connectivity index (χ3v) is 5.41. The lowest BCUT2D eigenvalue weighted by Crippen LogP contribution is -2.50. The van der Waals surface area contributed by atoms with E-state index in [4.69, 9.17) is 9.47 Å². The average molecular weight is 359 g/mol. The molecule has 1 aromatic carbocycles. The van der Waals surface area contributed by atoms with E-state index in [1.807, 2.05) is 0 Å². The van der Waals surface area contributed by atoms with Crippen LogP contribution in [0.2, 0.25) is 0 Å². The number of benzene rings is 1. The molecule has 4 rings (SSSR count). The molecule has 1 unspecified atom stereocenters. The average Bonchev–Trinajstić information content (AvgIpc) is 3.20. The van der Waals surface area contributed by atoms with Gasteiger partial charge in [-0.2, -0.15) is 0 Å². The number of carbonyl (C=O) groups is 1. The van der Waals surface area contributed by atoms with E-state index in [9.17, 15) is 4.79 Å². The van der Waals surface area contributed by atoms with Crippen molar-refractivity contribution >= 4 is 11.6 Å². The van der Waals surface area contributed by atoms with Crippen LogP contribution in [0.1, 0.15) is 32.3 Å². The van der Waals surface area contributed by atoms with Crippen LogP contribution in [0, 0.1) is 0 Å². The Labute approximate surface area is 155 Å². The minimum absolute atomic E-state index is 0.0681. The Morgan fingerprint density at radius 1 is 1.27 bits per heavy atom. The van der Waals surface area contributed by atoms with Crippen molar-refractivity contribution in [2.24, 2.45) is 0 Å². The SMILES string of the molecule is CC1(C)Cc2ccc(N3CCN(CC(=O)NC4CCCO4)CC3)cc2O1. The second-order valence-electron chi connectivity index (χ2n) is 8.16. The standard InChI is InChI=1S/C20H29N3O3/c1-20(2)13-15-5-6-16(12-17(15)26-20)23-9-7-22(8-10-23)14-18(24)21-19-4-3-11-25-19/h5-6,12,19H,3-4,7-11,13-14H2,1-2H3,(H,21,24). The summed E-state index contributed by atoms with van der Waals surface area (Å²) in [4.78, 5) is 16.7. The largest absolute Gasteiger partial charge is 0.487 e. The van der Waals surface area contributed by atoms with Crippen LogP contribution in [0.4, 0.5) is 5.69 Å². The number of nitrogens with zero attached hydrogens (tertiary/aromatic N) is 2. The molecule has 2 saturated heterocycles. The van der Waals surface area contributed by atoms with Crippen LogP contribution in [0.15, 0.2) is 18.2 Å². The van der Waals surface area contributed by atoms with Crippen molar-refractivity contribution in [1.82, 2.24) is 10.2 Å². The number of ether oxygens (including phenoxy) is 2. The van der Waals surface area contributed by atoms with Crippen molar-refractivity contribution in [3.63, 3.8) is 0 Å². The highest BCUT2D eigenvalue weighted by Crippen LogP contribution is 2.37. The zero-order chi connectivity index (χ0) is 18.1. The van der Waals surface area contributed by atoms with E-state index in [1.165, 1.54) is 11.3 Å². The number of rotatable bonds is 4. The molecule has 3 aliphatic heterocycles. The van der Waals surface area contributed by atoms with E-state index in [0.717, 1.165) is 57.8 Å². The molecule has 26 heavy (non-hydrogen) atoms. The van der Waals surface area contributed by atoms with Crippen LogP contribution in [0.3, 0.4) is 0 Å². The molecule has 6 nitrogen and oxygen atoms in total. The third-order valence-electron chi connectivity index (χ3n) is 5.41. The zero-order valence-electron chi connectivity index (χ0n) is 15.8. The first-order valence-electron chi connectivity index (χ1n) is 9.69. The molecular formula is C20H29N3O3. The summed E-state index contributed by atoms with van der Waals surface area (Å²) >= 11 is 0. The summed E-state index contributed by atoms with van der Waals surface area (Å²) in [6.45, 7) is 9.11. The molecule has 0 bridgehead atoms. The second kappa shape index (κ2) is 7.08. The number of fused-ring (bicyclic) bond motifs is 1. The highest BCUT2D eigenvalue weighted by atomic mass is 16.5. The van der Waals surface area contributed by atoms with Crippen LogP contribution >= 0.6 is 0 Å². The molecule has 0 saturated carbocycles. The molecule has 3 heterocycles. The first-order valence-corrected chi connectivity index (χ1v) is 9.69. The first-order chi connectivity index (χ1) is 12.5. The van der Waals surface area contributed by atoms with Gasteiger partial charge in [-0.25, -0.2) is 0 Å². The summed E-state index contributed by atoms with van der Waals surface area (Å²) in [5, 5.41) is 2.97. The summed E-state index contributed by atoms with van der Waals surface area (Å²) < 4.78 is 11.5. The van der Waals surface area contributed by atoms with E-state index >= 15 is 0 Å². The van der Waals surface area contributed by atoms with Gasteiger partial charge in [-0.1, -0.05) is 6.07 Å². The topological polar surface area (TPSA) is 54.0 Å². The number of anilines is 1. The normalized spacial score (nSPS) is 25.0. The van der Waals surface area contributed by atoms with E-state index in [-0.39, 0.29) is 17.7 Å². The fourth-order valence-electron chi connectivity index (χ4n) is 4.06. The summed E-state index contributed by atoms with van der Waals surface area (Å²) in [6.07, 6.45) is 2.84. The van der Waals surface area contributed by atoms with Crippen molar-refractivity contribution in [1.29, 1.82) is 0 Å². The molecule has 3 aliphatic rings. The summed E-state index contributed by atoms with van der Waals surface area (Å²) in [5.41, 5.74) is 2.41. The second-order valence-corrected chi connectivity index (χ2v) is 8.16. The van der Waals surface area contributed by atoms with Gasteiger partial charge in [0.1, 0.15) is 17.6 Å². The molecule has 0 aromatic heterocycles. The number of nitrogens with one attached hydrogen (secondary N) is 1. The van der Waals surface area contributed by atoms with Crippen molar-refractivity contribution in [2.45, 2.75) is 44.9 Å². The summed E-state index contributed by atoms with van der Waals surface area (Å²) in [6, 6.07) is 6.56. The molecule has 6 heteroatoms. The van der Waals surface area contributed by atoms with E-state index < -0.39 is 0 Å². The predicted molar refractivity (Wildman–Crippen MR) is 101 cm³/mol. The Morgan fingerprint density at radius 2 is 2.08 bits per heavy atom. The number of piperazine rings is 1. The number of carbonyl (C=O) groups excluding carboxylic acids is 1. The van der Waals surface area contributed by atoms with Gasteiger partial charge in [0.05, 0.1) is 6.54 Å². The van der Waals surface area contributed by atoms with Crippen molar-refractivity contribution in [3.05, 3.63) is 23.8 Å². The molecule has 142 valence electrons. The first kappa shape index (κ1) is 17.6. The van der Waals surface area contributed by atoms with Gasteiger partial charge < -0.3 is 19.7 Å². The highest BCUT2D eigenvalue weighted by Gasteiger charge is 2.30. The fraction of sp³-hybridized carbons (Fsp3) is 0.650. The van der Waals surface area contributed by atoms with Crippen molar-refractivity contribution in [2.75, 3.05) is 44.2 Å². The molecular weight excluding hydrogens is 330 g/mol. The molecule has 1 amide bonds. The Kier molecular flexibility index (Phi) is 4.80. The minimum Gasteiger partial charge on any atom is -0.487 e. The van der Waals surface area contributed by atoms with Gasteiger partial charge in [-0.15, -0.1) is 0 Å². The van der Waals surface area contributed by atoms with Crippen LogP contribution in [0.25, 0.3) is 0 Å². The molecule has 2 fully saturated rings. The van der Waals surface area contributed by atoms with Gasteiger partial charge in [-0.3, -0.25) is 9.69 Å². The number of amides is 1. The third kappa shape index (κ3) is 3.96. The van der Waals surface area contributed by atoms with Gasteiger partial charge in [-0.05, 0) is 38.3 Å². The van der Waals surface area contributed by atoms with Crippen molar-refractivity contribution < 1.29 is 14.3 Å². The maximum absolute atomic E-state index is 12.1. The van der Waals surface area contributed by atoms with Gasteiger partial charge in [0, 0.05) is 51.0 Å². The smallest absolute Gasteiger partial charge is 0.236 e. The number of hydrogen-bond donors (Lipinski definition) is 1. The Hall–Kier alpha value is -1.79. The molecule has 1 atom stereocenters. The molecule has 0 spiro atoms.